The van der Waals surface area contributed by atoms with Gasteiger partial charge in [0.25, 0.3) is 0 Å². The van der Waals surface area contributed by atoms with E-state index in [1.54, 1.807) is 17.2 Å². The van der Waals surface area contributed by atoms with Gasteiger partial charge in [-0.2, -0.15) is 5.10 Å². The molecule has 6 heteroatoms. The van der Waals surface area contributed by atoms with Crippen molar-refractivity contribution in [2.75, 3.05) is 11.4 Å². The zero-order valence-electron chi connectivity index (χ0n) is 12.8. The van der Waals surface area contributed by atoms with E-state index in [1.165, 1.54) is 51.3 Å². The van der Waals surface area contributed by atoms with Crippen molar-refractivity contribution in [2.45, 2.75) is 51.0 Å². The molecule has 2 fully saturated rings. The average molecular weight is 298 g/mol. The first kappa shape index (κ1) is 13.7. The summed E-state index contributed by atoms with van der Waals surface area (Å²) in [4.78, 5) is 15.6. The average Bonchev–Trinajstić information content (AvgIpc) is 3.06. The summed E-state index contributed by atoms with van der Waals surface area (Å²) >= 11 is 0. The van der Waals surface area contributed by atoms with Crippen molar-refractivity contribution in [3.63, 3.8) is 0 Å². The Kier molecular flexibility index (Phi) is 3.74. The lowest BCUT2D eigenvalue weighted by Crippen LogP contribution is -2.42. The Hall–Kier alpha value is -1.98. The van der Waals surface area contributed by atoms with Gasteiger partial charge in [-0.25, -0.2) is 14.6 Å². The van der Waals surface area contributed by atoms with Crippen molar-refractivity contribution in [3.8, 4) is 5.82 Å². The zero-order valence-corrected chi connectivity index (χ0v) is 12.8. The highest BCUT2D eigenvalue weighted by Gasteiger charge is 2.29. The highest BCUT2D eigenvalue weighted by atomic mass is 15.4. The van der Waals surface area contributed by atoms with E-state index in [2.05, 4.69) is 20.0 Å². The minimum atomic E-state index is 0.624. The third kappa shape index (κ3) is 2.69. The molecular weight excluding hydrogens is 276 g/mol. The SMILES string of the molecule is c1ncn(-c2cncc(N3CCCCC3CC3CCC3)n2)n1. The summed E-state index contributed by atoms with van der Waals surface area (Å²) in [5.41, 5.74) is 0. The molecule has 0 N–H and O–H groups in total. The van der Waals surface area contributed by atoms with Crippen LogP contribution in [0, 0.1) is 5.92 Å². The van der Waals surface area contributed by atoms with Crippen molar-refractivity contribution in [1.82, 2.24) is 24.7 Å². The van der Waals surface area contributed by atoms with Gasteiger partial charge in [-0.05, 0) is 31.6 Å². The van der Waals surface area contributed by atoms with Crippen LogP contribution >= 0.6 is 0 Å². The molecule has 1 aliphatic carbocycles. The molecule has 4 rings (SSSR count). The molecule has 3 heterocycles. The van der Waals surface area contributed by atoms with Crippen LogP contribution in [0.5, 0.6) is 0 Å². The van der Waals surface area contributed by atoms with Gasteiger partial charge in [0.15, 0.2) is 5.82 Å². The standard InChI is InChI=1S/C16H22N6/c1-2-7-21(14(6-1)8-13-4-3-5-13)15-9-17-10-16(20-15)22-12-18-11-19-22/h9-14H,1-8H2. The smallest absolute Gasteiger partial charge is 0.175 e. The van der Waals surface area contributed by atoms with Crippen LogP contribution in [0.2, 0.25) is 0 Å². The molecule has 0 amide bonds. The fourth-order valence-corrected chi connectivity index (χ4v) is 3.58. The van der Waals surface area contributed by atoms with Crippen molar-refractivity contribution in [2.24, 2.45) is 5.92 Å². The van der Waals surface area contributed by atoms with Crippen molar-refractivity contribution < 1.29 is 0 Å². The fourth-order valence-electron chi connectivity index (χ4n) is 3.58. The van der Waals surface area contributed by atoms with E-state index in [0.717, 1.165) is 24.1 Å². The third-order valence-electron chi connectivity index (χ3n) is 5.01. The molecule has 1 aliphatic heterocycles. The van der Waals surface area contributed by atoms with Gasteiger partial charge in [0, 0.05) is 12.6 Å². The fraction of sp³-hybridized carbons (Fsp3) is 0.625. The molecule has 2 aromatic rings. The highest BCUT2D eigenvalue weighted by Crippen LogP contribution is 2.35. The van der Waals surface area contributed by atoms with Crippen molar-refractivity contribution in [3.05, 3.63) is 25.0 Å². The summed E-state index contributed by atoms with van der Waals surface area (Å²) in [5, 5.41) is 4.15. The van der Waals surface area contributed by atoms with E-state index in [1.807, 2.05) is 6.20 Å². The van der Waals surface area contributed by atoms with Gasteiger partial charge in [-0.15, -0.1) is 0 Å². The maximum Gasteiger partial charge on any atom is 0.175 e. The zero-order chi connectivity index (χ0) is 14.8. The van der Waals surface area contributed by atoms with Gasteiger partial charge in [0.1, 0.15) is 18.5 Å². The Balaban J connectivity index is 1.56. The lowest BCUT2D eigenvalue weighted by molar-refractivity contribution is 0.256. The first-order chi connectivity index (χ1) is 10.9. The molecule has 1 saturated heterocycles. The van der Waals surface area contributed by atoms with Gasteiger partial charge in [-0.3, -0.25) is 4.98 Å². The second-order valence-corrected chi connectivity index (χ2v) is 6.45. The predicted molar refractivity (Wildman–Crippen MR) is 83.9 cm³/mol. The quantitative estimate of drug-likeness (QED) is 0.868. The number of aromatic nitrogens is 5. The second kappa shape index (κ2) is 6.02. The maximum atomic E-state index is 4.76. The lowest BCUT2D eigenvalue weighted by Gasteiger charge is -2.40. The number of hydrogen-bond donors (Lipinski definition) is 0. The Labute approximate surface area is 130 Å². The van der Waals surface area contributed by atoms with Gasteiger partial charge >= 0.3 is 0 Å². The summed E-state index contributed by atoms with van der Waals surface area (Å²) in [6.07, 6.45) is 16.2. The first-order valence-corrected chi connectivity index (χ1v) is 8.34. The molecule has 0 spiro atoms. The summed E-state index contributed by atoms with van der Waals surface area (Å²) in [6, 6.07) is 0.624. The van der Waals surface area contributed by atoms with E-state index in [9.17, 15) is 0 Å². The van der Waals surface area contributed by atoms with Crippen LogP contribution < -0.4 is 4.90 Å². The van der Waals surface area contributed by atoms with Crippen LogP contribution in [0.15, 0.2) is 25.0 Å². The summed E-state index contributed by atoms with van der Waals surface area (Å²) in [5.74, 6) is 2.65. The summed E-state index contributed by atoms with van der Waals surface area (Å²) in [6.45, 7) is 1.09. The number of piperidine rings is 1. The van der Waals surface area contributed by atoms with Gasteiger partial charge in [0.2, 0.25) is 0 Å². The lowest BCUT2D eigenvalue weighted by atomic mass is 9.79. The number of nitrogens with zero attached hydrogens (tertiary/aromatic N) is 6. The van der Waals surface area contributed by atoms with Crippen LogP contribution in [0.4, 0.5) is 5.82 Å². The molecule has 2 aliphatic rings. The monoisotopic (exact) mass is 298 g/mol. The normalized spacial score (nSPS) is 22.5. The van der Waals surface area contributed by atoms with Gasteiger partial charge in [-0.1, -0.05) is 19.3 Å². The van der Waals surface area contributed by atoms with Crippen LogP contribution in [0.3, 0.4) is 0 Å². The molecule has 0 bridgehead atoms. The number of hydrogen-bond acceptors (Lipinski definition) is 5. The van der Waals surface area contributed by atoms with E-state index >= 15 is 0 Å². The molecule has 0 aromatic carbocycles. The van der Waals surface area contributed by atoms with Crippen LogP contribution in [-0.2, 0) is 0 Å². The second-order valence-electron chi connectivity index (χ2n) is 6.45. The Bertz CT molecular complexity index is 607. The van der Waals surface area contributed by atoms with E-state index < -0.39 is 0 Å². The Morgan fingerprint density at radius 1 is 1.00 bits per heavy atom. The predicted octanol–water partition coefficient (Wildman–Crippen LogP) is 2.61. The molecule has 1 saturated carbocycles. The number of rotatable bonds is 4. The molecule has 1 atom stereocenters. The van der Waals surface area contributed by atoms with E-state index in [4.69, 9.17) is 4.98 Å². The molecule has 1 unspecified atom stereocenters. The third-order valence-corrected chi connectivity index (χ3v) is 5.01. The van der Waals surface area contributed by atoms with Gasteiger partial charge < -0.3 is 4.90 Å². The first-order valence-electron chi connectivity index (χ1n) is 8.34. The van der Waals surface area contributed by atoms with E-state index in [-0.39, 0.29) is 0 Å². The van der Waals surface area contributed by atoms with Gasteiger partial charge in [0.05, 0.1) is 12.4 Å². The highest BCUT2D eigenvalue weighted by molar-refractivity contribution is 5.41. The van der Waals surface area contributed by atoms with Crippen molar-refractivity contribution in [1.29, 1.82) is 0 Å². The van der Waals surface area contributed by atoms with Crippen LogP contribution in [0.1, 0.15) is 44.9 Å². The van der Waals surface area contributed by atoms with Crippen LogP contribution in [0.25, 0.3) is 5.82 Å². The Morgan fingerprint density at radius 2 is 1.91 bits per heavy atom. The van der Waals surface area contributed by atoms with Crippen LogP contribution in [-0.4, -0.2) is 37.3 Å². The van der Waals surface area contributed by atoms with E-state index in [0.29, 0.717) is 6.04 Å². The Morgan fingerprint density at radius 3 is 2.68 bits per heavy atom. The molecule has 6 nitrogen and oxygen atoms in total. The molecule has 22 heavy (non-hydrogen) atoms. The molecular formula is C16H22N6. The molecule has 2 aromatic heterocycles. The van der Waals surface area contributed by atoms with Crippen molar-refractivity contribution >= 4 is 5.82 Å². The molecule has 116 valence electrons. The topological polar surface area (TPSA) is 59.7 Å². The maximum absolute atomic E-state index is 4.76. The minimum Gasteiger partial charge on any atom is -0.352 e. The number of anilines is 1. The summed E-state index contributed by atoms with van der Waals surface area (Å²) in [7, 11) is 0. The largest absolute Gasteiger partial charge is 0.352 e. The summed E-state index contributed by atoms with van der Waals surface area (Å²) < 4.78 is 1.67. The molecule has 0 radical (unpaired) electrons. The minimum absolute atomic E-state index is 0.624.